The summed E-state index contributed by atoms with van der Waals surface area (Å²) in [5, 5.41) is 5.31. The highest BCUT2D eigenvalue weighted by atomic mass is 32.1. The zero-order valence-corrected chi connectivity index (χ0v) is 10.3. The van der Waals surface area contributed by atoms with Gasteiger partial charge in [-0.1, -0.05) is 13.0 Å². The van der Waals surface area contributed by atoms with Crippen LogP contribution < -0.4 is 5.32 Å². The van der Waals surface area contributed by atoms with Crippen molar-refractivity contribution < 1.29 is 0 Å². The van der Waals surface area contributed by atoms with Crippen molar-refractivity contribution >= 4 is 11.3 Å². The molecule has 0 aliphatic carbocycles. The van der Waals surface area contributed by atoms with Gasteiger partial charge in [-0.3, -0.25) is 0 Å². The summed E-state index contributed by atoms with van der Waals surface area (Å²) in [6.07, 6.45) is 0. The molecule has 0 radical (unpaired) electrons. The van der Waals surface area contributed by atoms with Crippen LogP contribution in [-0.4, -0.2) is 16.5 Å². The Morgan fingerprint density at radius 1 is 1.38 bits per heavy atom. The molecule has 2 heterocycles. The Hall–Kier alpha value is -1.26. The third-order valence-electron chi connectivity index (χ3n) is 2.21. The zero-order chi connectivity index (χ0) is 11.4. The average Bonchev–Trinajstić information content (AvgIpc) is 2.79. The van der Waals surface area contributed by atoms with Crippen molar-refractivity contribution in [3.8, 4) is 10.6 Å². The second-order valence-electron chi connectivity index (χ2n) is 3.57. The molecule has 3 nitrogen and oxygen atoms in total. The van der Waals surface area contributed by atoms with Crippen LogP contribution in [0.2, 0.25) is 0 Å². The quantitative estimate of drug-likeness (QED) is 0.882. The number of hydrogen-bond acceptors (Lipinski definition) is 4. The smallest absolute Gasteiger partial charge is 0.143 e. The van der Waals surface area contributed by atoms with Crippen molar-refractivity contribution in [3.05, 3.63) is 35.1 Å². The molecule has 16 heavy (non-hydrogen) atoms. The number of aryl methyl sites for hydroxylation is 1. The summed E-state index contributed by atoms with van der Waals surface area (Å²) in [7, 11) is 0. The highest BCUT2D eigenvalue weighted by molar-refractivity contribution is 7.13. The van der Waals surface area contributed by atoms with Gasteiger partial charge in [-0.25, -0.2) is 9.97 Å². The molecule has 4 heteroatoms. The standard InChI is InChI=1S/C12H15N3S/c1-3-13-8-12-14-9(2)7-10(15-12)11-5-4-6-16-11/h4-7,13H,3,8H2,1-2H3. The minimum atomic E-state index is 0.733. The SMILES string of the molecule is CCNCc1nc(C)cc(-c2cccs2)n1. The summed E-state index contributed by atoms with van der Waals surface area (Å²) in [4.78, 5) is 10.2. The van der Waals surface area contributed by atoms with E-state index in [-0.39, 0.29) is 0 Å². The van der Waals surface area contributed by atoms with Gasteiger partial charge in [0.2, 0.25) is 0 Å². The van der Waals surface area contributed by atoms with Gasteiger partial charge in [0, 0.05) is 5.69 Å². The lowest BCUT2D eigenvalue weighted by Crippen LogP contribution is -2.14. The van der Waals surface area contributed by atoms with Crippen molar-refractivity contribution in [2.45, 2.75) is 20.4 Å². The lowest BCUT2D eigenvalue weighted by Gasteiger charge is -2.04. The first-order valence-electron chi connectivity index (χ1n) is 5.38. The first kappa shape index (κ1) is 11.2. The van der Waals surface area contributed by atoms with E-state index in [9.17, 15) is 0 Å². The minimum Gasteiger partial charge on any atom is -0.310 e. The van der Waals surface area contributed by atoms with Crippen LogP contribution >= 0.6 is 11.3 Å². The van der Waals surface area contributed by atoms with Crippen molar-refractivity contribution in [3.63, 3.8) is 0 Å². The van der Waals surface area contributed by atoms with E-state index in [0.717, 1.165) is 30.3 Å². The van der Waals surface area contributed by atoms with Gasteiger partial charge >= 0.3 is 0 Å². The lowest BCUT2D eigenvalue weighted by molar-refractivity contribution is 0.688. The molecule has 0 aliphatic rings. The zero-order valence-electron chi connectivity index (χ0n) is 9.53. The highest BCUT2D eigenvalue weighted by Crippen LogP contribution is 2.22. The fraction of sp³-hybridized carbons (Fsp3) is 0.333. The molecule has 0 bridgehead atoms. The average molecular weight is 233 g/mol. The maximum Gasteiger partial charge on any atom is 0.143 e. The molecule has 0 saturated carbocycles. The van der Waals surface area contributed by atoms with Crippen LogP contribution in [0, 0.1) is 6.92 Å². The molecule has 0 aliphatic heterocycles. The topological polar surface area (TPSA) is 37.8 Å². The number of nitrogens with zero attached hydrogens (tertiary/aromatic N) is 2. The Bertz CT molecular complexity index is 451. The van der Waals surface area contributed by atoms with E-state index in [0.29, 0.717) is 0 Å². The molecule has 0 unspecified atom stereocenters. The largest absolute Gasteiger partial charge is 0.310 e. The lowest BCUT2D eigenvalue weighted by atomic mass is 10.3. The summed E-state index contributed by atoms with van der Waals surface area (Å²) in [5.41, 5.74) is 2.04. The van der Waals surface area contributed by atoms with E-state index in [1.54, 1.807) is 11.3 Å². The molecule has 0 fully saturated rings. The molecule has 84 valence electrons. The van der Waals surface area contributed by atoms with Gasteiger partial charge in [0.1, 0.15) is 5.82 Å². The third-order valence-corrected chi connectivity index (χ3v) is 3.10. The monoisotopic (exact) mass is 233 g/mol. The maximum atomic E-state index is 4.55. The normalized spacial score (nSPS) is 10.6. The van der Waals surface area contributed by atoms with Crippen LogP contribution in [-0.2, 0) is 6.54 Å². The number of hydrogen-bond donors (Lipinski definition) is 1. The Labute approximate surface area is 99.6 Å². The molecule has 1 N–H and O–H groups in total. The first-order valence-corrected chi connectivity index (χ1v) is 6.26. The molecule has 0 saturated heterocycles. The van der Waals surface area contributed by atoms with Crippen molar-refractivity contribution in [2.75, 3.05) is 6.54 Å². The Morgan fingerprint density at radius 3 is 2.94 bits per heavy atom. The van der Waals surface area contributed by atoms with Crippen molar-refractivity contribution in [1.82, 2.24) is 15.3 Å². The molecular weight excluding hydrogens is 218 g/mol. The fourth-order valence-electron chi connectivity index (χ4n) is 1.50. The van der Waals surface area contributed by atoms with Gasteiger partial charge in [0.25, 0.3) is 0 Å². The van der Waals surface area contributed by atoms with Gasteiger partial charge in [0.15, 0.2) is 0 Å². The van der Waals surface area contributed by atoms with Gasteiger partial charge in [-0.2, -0.15) is 0 Å². The van der Waals surface area contributed by atoms with Crippen LogP contribution in [0.15, 0.2) is 23.6 Å². The van der Waals surface area contributed by atoms with E-state index in [1.807, 2.05) is 19.1 Å². The Balaban J connectivity index is 2.29. The number of nitrogens with one attached hydrogen (secondary N) is 1. The van der Waals surface area contributed by atoms with Crippen molar-refractivity contribution in [2.24, 2.45) is 0 Å². The van der Waals surface area contributed by atoms with E-state index in [1.165, 1.54) is 4.88 Å². The van der Waals surface area contributed by atoms with Crippen LogP contribution in [0.1, 0.15) is 18.4 Å². The molecule has 0 aromatic carbocycles. The van der Waals surface area contributed by atoms with E-state index in [2.05, 4.69) is 33.7 Å². The second kappa shape index (κ2) is 5.18. The fourth-order valence-corrected chi connectivity index (χ4v) is 2.18. The maximum absolute atomic E-state index is 4.55. The number of rotatable bonds is 4. The van der Waals surface area contributed by atoms with Gasteiger partial charge in [-0.05, 0) is 31.0 Å². The molecule has 2 aromatic rings. The Kier molecular flexibility index (Phi) is 3.64. The third kappa shape index (κ3) is 2.65. The van der Waals surface area contributed by atoms with Crippen LogP contribution in [0.4, 0.5) is 0 Å². The summed E-state index contributed by atoms with van der Waals surface area (Å²) >= 11 is 1.71. The molecular formula is C12H15N3S. The molecule has 2 rings (SSSR count). The molecule has 0 spiro atoms. The predicted molar refractivity (Wildman–Crippen MR) is 67.5 cm³/mol. The summed E-state index contributed by atoms with van der Waals surface area (Å²) in [6.45, 7) is 5.76. The highest BCUT2D eigenvalue weighted by Gasteiger charge is 2.04. The van der Waals surface area contributed by atoms with Gasteiger partial charge < -0.3 is 5.32 Å². The number of thiophene rings is 1. The van der Waals surface area contributed by atoms with E-state index < -0.39 is 0 Å². The van der Waals surface area contributed by atoms with Crippen LogP contribution in [0.25, 0.3) is 10.6 Å². The predicted octanol–water partition coefficient (Wildman–Crippen LogP) is 2.62. The van der Waals surface area contributed by atoms with E-state index in [4.69, 9.17) is 0 Å². The summed E-state index contributed by atoms with van der Waals surface area (Å²) in [5.74, 6) is 0.866. The second-order valence-corrected chi connectivity index (χ2v) is 4.52. The summed E-state index contributed by atoms with van der Waals surface area (Å²) in [6, 6.07) is 6.16. The Morgan fingerprint density at radius 2 is 2.25 bits per heavy atom. The summed E-state index contributed by atoms with van der Waals surface area (Å²) < 4.78 is 0. The van der Waals surface area contributed by atoms with E-state index >= 15 is 0 Å². The van der Waals surface area contributed by atoms with Crippen LogP contribution in [0.5, 0.6) is 0 Å². The number of aromatic nitrogens is 2. The van der Waals surface area contributed by atoms with Gasteiger partial charge in [0.05, 0.1) is 17.1 Å². The molecule has 0 atom stereocenters. The minimum absolute atomic E-state index is 0.733. The van der Waals surface area contributed by atoms with Gasteiger partial charge in [-0.15, -0.1) is 11.3 Å². The van der Waals surface area contributed by atoms with Crippen LogP contribution in [0.3, 0.4) is 0 Å². The molecule has 0 amide bonds. The van der Waals surface area contributed by atoms with Crippen molar-refractivity contribution in [1.29, 1.82) is 0 Å². The molecule has 2 aromatic heterocycles. The first-order chi connectivity index (χ1) is 7.79.